The Bertz CT molecular complexity index is 317. The summed E-state index contributed by atoms with van der Waals surface area (Å²) in [6.45, 7) is 1.45. The Hall–Kier alpha value is -0.230. The molecule has 0 saturated heterocycles. The van der Waals surface area contributed by atoms with Gasteiger partial charge in [-0.15, -0.1) is 0 Å². The van der Waals surface area contributed by atoms with Crippen LogP contribution in [0.4, 0.5) is 0 Å². The minimum atomic E-state index is -4.76. The molecule has 1 amide bonds. The number of nitrogens with one attached hydrogen (secondary N) is 1. The summed E-state index contributed by atoms with van der Waals surface area (Å²) in [7, 11) is -9.36. The second-order valence-corrected chi connectivity index (χ2v) is 6.37. The van der Waals surface area contributed by atoms with Gasteiger partial charge in [-0.25, -0.2) is 0 Å². The minimum absolute atomic E-state index is 0.0301. The maximum Gasteiger partial charge on any atom is 0.348 e. The molecule has 0 saturated carbocycles. The summed E-state index contributed by atoms with van der Waals surface area (Å²) in [5.74, 6) is -2.53. The number of hydrogen-bond donors (Lipinski definition) is 5. The zero-order chi connectivity index (χ0) is 12.3. The molecule has 1 atom stereocenters. The van der Waals surface area contributed by atoms with Gasteiger partial charge >= 0.3 is 15.2 Å². The van der Waals surface area contributed by atoms with Crippen molar-refractivity contribution in [2.75, 3.05) is 6.16 Å². The van der Waals surface area contributed by atoms with Crippen molar-refractivity contribution in [1.29, 1.82) is 0 Å². The topological polar surface area (TPSA) is 144 Å². The first-order chi connectivity index (χ1) is 6.56. The van der Waals surface area contributed by atoms with Crippen LogP contribution in [0.2, 0.25) is 0 Å². The van der Waals surface area contributed by atoms with E-state index in [1.54, 1.807) is 0 Å². The highest BCUT2D eigenvalue weighted by Gasteiger charge is 2.35. The highest BCUT2D eigenvalue weighted by atomic mass is 31.2. The number of amides is 1. The summed E-state index contributed by atoms with van der Waals surface area (Å²) in [5, 5.41) is 1.87. The molecule has 15 heavy (non-hydrogen) atoms. The molecule has 0 fully saturated rings. The third-order valence-corrected chi connectivity index (χ3v) is 3.72. The summed E-state index contributed by atoms with van der Waals surface area (Å²) < 4.78 is 21.4. The molecule has 0 aromatic heterocycles. The van der Waals surface area contributed by atoms with Gasteiger partial charge in [0, 0.05) is 6.42 Å². The van der Waals surface area contributed by atoms with Gasteiger partial charge in [-0.05, 0) is 0 Å². The lowest BCUT2D eigenvalue weighted by molar-refractivity contribution is -0.121. The van der Waals surface area contributed by atoms with Gasteiger partial charge in [0.05, 0.1) is 6.16 Å². The van der Waals surface area contributed by atoms with Gasteiger partial charge < -0.3 is 24.9 Å². The standard InChI is InChI=1S/C5H13NO7P2/c1-2-4(7)6-5(15(11,12)13)3-14(8,9)10/h5H,2-3H2,1H3,(H,6,7)(H2,8,9,10)(H2,11,12,13). The number of rotatable bonds is 5. The van der Waals surface area contributed by atoms with E-state index in [-0.39, 0.29) is 6.42 Å². The van der Waals surface area contributed by atoms with E-state index in [0.717, 1.165) is 0 Å². The van der Waals surface area contributed by atoms with Crippen LogP contribution >= 0.6 is 15.2 Å². The average molecular weight is 261 g/mol. The van der Waals surface area contributed by atoms with Gasteiger partial charge in [0.15, 0.2) is 0 Å². The molecule has 8 nitrogen and oxygen atoms in total. The summed E-state index contributed by atoms with van der Waals surface area (Å²) >= 11 is 0. The number of carbonyl (C=O) groups excluding carboxylic acids is 1. The fourth-order valence-electron chi connectivity index (χ4n) is 0.749. The maximum absolute atomic E-state index is 10.8. The molecule has 0 aromatic carbocycles. The van der Waals surface area contributed by atoms with E-state index in [1.165, 1.54) is 6.92 Å². The van der Waals surface area contributed by atoms with Crippen molar-refractivity contribution >= 4 is 21.1 Å². The molecule has 0 aliphatic rings. The SMILES string of the molecule is CCC(=O)NC(CP(=O)(O)O)P(=O)(O)O. The Morgan fingerprint density at radius 3 is 2.00 bits per heavy atom. The fraction of sp³-hybridized carbons (Fsp3) is 0.800. The molecule has 0 radical (unpaired) electrons. The summed E-state index contributed by atoms with van der Waals surface area (Å²) in [6.07, 6.45) is -1.11. The lowest BCUT2D eigenvalue weighted by atomic mass is 10.4. The van der Waals surface area contributed by atoms with Gasteiger partial charge in [-0.2, -0.15) is 0 Å². The molecular weight excluding hydrogens is 248 g/mol. The summed E-state index contributed by atoms with van der Waals surface area (Å²) in [5.41, 5.74) is 0. The van der Waals surface area contributed by atoms with Gasteiger partial charge in [0.2, 0.25) is 5.91 Å². The number of carbonyl (C=O) groups is 1. The lowest BCUT2D eigenvalue weighted by Crippen LogP contribution is -2.36. The van der Waals surface area contributed by atoms with Crippen LogP contribution in [0.25, 0.3) is 0 Å². The second-order valence-electron chi connectivity index (χ2n) is 2.87. The molecule has 1 unspecified atom stereocenters. The molecule has 0 rings (SSSR count). The second kappa shape index (κ2) is 5.21. The normalized spacial score (nSPS) is 14.7. The van der Waals surface area contributed by atoms with Crippen molar-refractivity contribution in [3.05, 3.63) is 0 Å². The van der Waals surface area contributed by atoms with Gasteiger partial charge in [-0.1, -0.05) is 6.92 Å². The first-order valence-electron chi connectivity index (χ1n) is 3.95. The molecule has 0 aromatic rings. The first kappa shape index (κ1) is 14.8. The smallest absolute Gasteiger partial charge is 0.341 e. The lowest BCUT2D eigenvalue weighted by Gasteiger charge is -2.19. The van der Waals surface area contributed by atoms with E-state index in [9.17, 15) is 13.9 Å². The molecule has 0 heterocycles. The monoisotopic (exact) mass is 261 g/mol. The van der Waals surface area contributed by atoms with E-state index in [1.807, 2.05) is 5.32 Å². The zero-order valence-corrected chi connectivity index (χ0v) is 9.69. The van der Waals surface area contributed by atoms with Crippen molar-refractivity contribution in [2.24, 2.45) is 0 Å². The molecular formula is C5H13NO7P2. The van der Waals surface area contributed by atoms with Crippen LogP contribution in [0.3, 0.4) is 0 Å². The number of hydrogen-bond acceptors (Lipinski definition) is 3. The third-order valence-electron chi connectivity index (χ3n) is 1.47. The Morgan fingerprint density at radius 2 is 1.73 bits per heavy atom. The summed E-state index contributed by atoms with van der Waals surface area (Å²) in [4.78, 5) is 45.4. The van der Waals surface area contributed by atoms with Crippen molar-refractivity contribution in [2.45, 2.75) is 19.1 Å². The molecule has 0 aliphatic heterocycles. The Morgan fingerprint density at radius 1 is 1.27 bits per heavy atom. The van der Waals surface area contributed by atoms with Gasteiger partial charge in [-0.3, -0.25) is 13.9 Å². The van der Waals surface area contributed by atoms with E-state index >= 15 is 0 Å². The highest BCUT2D eigenvalue weighted by molar-refractivity contribution is 7.56. The van der Waals surface area contributed by atoms with E-state index in [0.29, 0.717) is 0 Å². The van der Waals surface area contributed by atoms with Gasteiger partial charge in [0.25, 0.3) is 0 Å². The molecule has 0 bridgehead atoms. The van der Waals surface area contributed by atoms with Gasteiger partial charge in [0.1, 0.15) is 5.78 Å². The Balaban J connectivity index is 4.69. The first-order valence-corrected chi connectivity index (χ1v) is 7.43. The van der Waals surface area contributed by atoms with Crippen LogP contribution < -0.4 is 5.32 Å². The van der Waals surface area contributed by atoms with Crippen LogP contribution in [0.5, 0.6) is 0 Å². The molecule has 5 N–H and O–H groups in total. The van der Waals surface area contributed by atoms with Crippen LogP contribution in [-0.2, 0) is 13.9 Å². The highest BCUT2D eigenvalue weighted by Crippen LogP contribution is 2.47. The summed E-state index contributed by atoms with van der Waals surface area (Å²) in [6, 6.07) is 0. The Kier molecular flexibility index (Phi) is 5.13. The van der Waals surface area contributed by atoms with Crippen molar-refractivity contribution < 1.29 is 33.5 Å². The fourth-order valence-corrected chi connectivity index (χ4v) is 3.09. The Labute approximate surface area is 86.0 Å². The van der Waals surface area contributed by atoms with Crippen LogP contribution in [-0.4, -0.2) is 37.4 Å². The predicted octanol–water partition coefficient (Wildman–Crippen LogP) is -0.806. The molecule has 10 heteroatoms. The molecule has 0 aliphatic carbocycles. The maximum atomic E-state index is 10.8. The van der Waals surface area contributed by atoms with Crippen molar-refractivity contribution in [3.63, 3.8) is 0 Å². The molecule has 90 valence electrons. The van der Waals surface area contributed by atoms with Crippen LogP contribution in [0.1, 0.15) is 13.3 Å². The van der Waals surface area contributed by atoms with Crippen LogP contribution in [0, 0.1) is 0 Å². The largest absolute Gasteiger partial charge is 0.348 e. The van der Waals surface area contributed by atoms with Crippen LogP contribution in [0.15, 0.2) is 0 Å². The zero-order valence-electron chi connectivity index (χ0n) is 7.90. The average Bonchev–Trinajstić information content (AvgIpc) is 1.98. The van der Waals surface area contributed by atoms with E-state index < -0.39 is 33.0 Å². The van der Waals surface area contributed by atoms with E-state index in [2.05, 4.69) is 0 Å². The van der Waals surface area contributed by atoms with Crippen molar-refractivity contribution in [3.8, 4) is 0 Å². The molecule has 0 spiro atoms. The quantitative estimate of drug-likeness (QED) is 0.407. The third kappa shape index (κ3) is 6.78. The van der Waals surface area contributed by atoms with Crippen molar-refractivity contribution in [1.82, 2.24) is 5.32 Å². The van der Waals surface area contributed by atoms with E-state index in [4.69, 9.17) is 19.6 Å². The minimum Gasteiger partial charge on any atom is -0.341 e. The predicted molar refractivity (Wildman–Crippen MR) is 51.2 cm³/mol.